The number of fused-ring (bicyclic) bond motifs is 1. The van der Waals surface area contributed by atoms with Crippen LogP contribution in [0.15, 0.2) is 18.2 Å². The Balaban J connectivity index is 2.20. The molecule has 0 saturated heterocycles. The van der Waals surface area contributed by atoms with Crippen LogP contribution in [0.5, 0.6) is 11.5 Å². The molecule has 0 aromatic heterocycles. The first-order chi connectivity index (χ1) is 8.80. The minimum Gasteiger partial charge on any atom is -0.494 e. The van der Waals surface area contributed by atoms with E-state index < -0.39 is 0 Å². The van der Waals surface area contributed by atoms with E-state index in [-0.39, 0.29) is 6.10 Å². The zero-order valence-electron chi connectivity index (χ0n) is 11.5. The van der Waals surface area contributed by atoms with Crippen molar-refractivity contribution in [3.05, 3.63) is 23.8 Å². The number of rotatable bonds is 6. The van der Waals surface area contributed by atoms with E-state index >= 15 is 0 Å². The lowest BCUT2D eigenvalue weighted by Gasteiger charge is -2.18. The highest BCUT2D eigenvalue weighted by Gasteiger charge is 2.32. The smallest absolute Gasteiger partial charge is 0.125 e. The van der Waals surface area contributed by atoms with Crippen molar-refractivity contribution in [1.82, 2.24) is 5.32 Å². The van der Waals surface area contributed by atoms with E-state index in [9.17, 15) is 0 Å². The molecule has 1 aliphatic heterocycles. The Morgan fingerprint density at radius 3 is 2.78 bits per heavy atom. The average molecular weight is 249 g/mol. The molecule has 2 unspecified atom stereocenters. The van der Waals surface area contributed by atoms with Crippen molar-refractivity contribution in [2.75, 3.05) is 13.2 Å². The standard InChI is InChI=1S/C15H23NO2/c1-4-9-17-11-7-8-14-12(10-11)15(16-6-3)13(5-2)18-14/h7-8,10,13,15-16H,4-6,9H2,1-3H3. The van der Waals surface area contributed by atoms with Gasteiger partial charge in [-0.3, -0.25) is 0 Å². The summed E-state index contributed by atoms with van der Waals surface area (Å²) in [6, 6.07) is 6.43. The molecule has 0 saturated carbocycles. The van der Waals surface area contributed by atoms with Crippen LogP contribution in [0.4, 0.5) is 0 Å². The van der Waals surface area contributed by atoms with E-state index in [0.29, 0.717) is 6.04 Å². The number of likely N-dealkylation sites (N-methyl/N-ethyl adjacent to an activating group) is 1. The normalized spacial score (nSPS) is 21.5. The van der Waals surface area contributed by atoms with E-state index in [1.807, 2.05) is 12.1 Å². The fraction of sp³-hybridized carbons (Fsp3) is 0.600. The van der Waals surface area contributed by atoms with E-state index in [1.54, 1.807) is 0 Å². The molecule has 1 heterocycles. The van der Waals surface area contributed by atoms with Gasteiger partial charge in [-0.1, -0.05) is 20.8 Å². The van der Waals surface area contributed by atoms with Crippen LogP contribution in [0.2, 0.25) is 0 Å². The maximum absolute atomic E-state index is 5.96. The summed E-state index contributed by atoms with van der Waals surface area (Å²) in [7, 11) is 0. The van der Waals surface area contributed by atoms with Gasteiger partial charge in [0.25, 0.3) is 0 Å². The third kappa shape index (κ3) is 2.61. The third-order valence-electron chi connectivity index (χ3n) is 3.27. The van der Waals surface area contributed by atoms with Gasteiger partial charge in [0, 0.05) is 5.56 Å². The van der Waals surface area contributed by atoms with Gasteiger partial charge in [-0.15, -0.1) is 0 Å². The topological polar surface area (TPSA) is 30.5 Å². The van der Waals surface area contributed by atoms with Crippen molar-refractivity contribution in [2.24, 2.45) is 0 Å². The minimum absolute atomic E-state index is 0.237. The number of benzene rings is 1. The van der Waals surface area contributed by atoms with Gasteiger partial charge in [0.2, 0.25) is 0 Å². The predicted molar refractivity (Wildman–Crippen MR) is 73.4 cm³/mol. The van der Waals surface area contributed by atoms with Gasteiger partial charge < -0.3 is 14.8 Å². The highest BCUT2D eigenvalue weighted by Crippen LogP contribution is 2.39. The molecule has 1 N–H and O–H groups in total. The summed E-state index contributed by atoms with van der Waals surface area (Å²) in [6.45, 7) is 8.12. The highest BCUT2D eigenvalue weighted by atomic mass is 16.5. The molecular weight excluding hydrogens is 226 g/mol. The number of hydrogen-bond acceptors (Lipinski definition) is 3. The van der Waals surface area contributed by atoms with Crippen LogP contribution in [-0.2, 0) is 0 Å². The second kappa shape index (κ2) is 6.10. The second-order valence-corrected chi connectivity index (χ2v) is 4.65. The van der Waals surface area contributed by atoms with Crippen molar-refractivity contribution >= 4 is 0 Å². The Morgan fingerprint density at radius 1 is 1.28 bits per heavy atom. The Hall–Kier alpha value is -1.22. The summed E-state index contributed by atoms with van der Waals surface area (Å²) >= 11 is 0. The Labute approximate surface area is 109 Å². The first-order valence-corrected chi connectivity index (χ1v) is 6.96. The lowest BCUT2D eigenvalue weighted by atomic mass is 10.0. The molecule has 0 spiro atoms. The molecule has 18 heavy (non-hydrogen) atoms. The summed E-state index contributed by atoms with van der Waals surface area (Å²) < 4.78 is 11.7. The van der Waals surface area contributed by atoms with E-state index in [2.05, 4.69) is 32.2 Å². The van der Waals surface area contributed by atoms with Crippen LogP contribution in [0.25, 0.3) is 0 Å². The fourth-order valence-corrected chi connectivity index (χ4v) is 2.40. The van der Waals surface area contributed by atoms with Crippen LogP contribution in [0.3, 0.4) is 0 Å². The molecule has 1 aromatic rings. The Bertz CT molecular complexity index is 392. The molecule has 2 rings (SSSR count). The van der Waals surface area contributed by atoms with E-state index in [0.717, 1.165) is 37.5 Å². The SMILES string of the molecule is CCCOc1ccc2c(c1)C(NCC)C(CC)O2. The summed E-state index contributed by atoms with van der Waals surface area (Å²) in [4.78, 5) is 0. The summed E-state index contributed by atoms with van der Waals surface area (Å²) in [5.41, 5.74) is 1.23. The maximum Gasteiger partial charge on any atom is 0.125 e. The molecule has 1 aromatic carbocycles. The van der Waals surface area contributed by atoms with Gasteiger partial charge in [-0.25, -0.2) is 0 Å². The maximum atomic E-state index is 5.96. The molecule has 3 nitrogen and oxygen atoms in total. The zero-order chi connectivity index (χ0) is 13.0. The summed E-state index contributed by atoms with van der Waals surface area (Å²) in [5.74, 6) is 1.94. The third-order valence-corrected chi connectivity index (χ3v) is 3.27. The molecule has 0 fully saturated rings. The van der Waals surface area contributed by atoms with Gasteiger partial charge >= 0.3 is 0 Å². The van der Waals surface area contributed by atoms with E-state index in [1.165, 1.54) is 5.56 Å². The monoisotopic (exact) mass is 249 g/mol. The van der Waals surface area contributed by atoms with Crippen molar-refractivity contribution in [1.29, 1.82) is 0 Å². The highest BCUT2D eigenvalue weighted by molar-refractivity contribution is 5.45. The van der Waals surface area contributed by atoms with E-state index in [4.69, 9.17) is 9.47 Å². The molecule has 0 bridgehead atoms. The summed E-state index contributed by atoms with van der Waals surface area (Å²) in [5, 5.41) is 3.50. The zero-order valence-corrected chi connectivity index (χ0v) is 11.5. The van der Waals surface area contributed by atoms with Gasteiger partial charge in [0.1, 0.15) is 17.6 Å². The van der Waals surface area contributed by atoms with Crippen LogP contribution < -0.4 is 14.8 Å². The van der Waals surface area contributed by atoms with Crippen molar-refractivity contribution in [3.63, 3.8) is 0 Å². The average Bonchev–Trinajstić information content (AvgIpc) is 2.74. The molecule has 100 valence electrons. The van der Waals surface area contributed by atoms with Crippen LogP contribution in [0, 0.1) is 0 Å². The van der Waals surface area contributed by atoms with Crippen LogP contribution >= 0.6 is 0 Å². The second-order valence-electron chi connectivity index (χ2n) is 4.65. The lowest BCUT2D eigenvalue weighted by Crippen LogP contribution is -2.30. The van der Waals surface area contributed by atoms with Crippen molar-refractivity contribution in [2.45, 2.75) is 45.8 Å². The molecule has 2 atom stereocenters. The van der Waals surface area contributed by atoms with Crippen molar-refractivity contribution in [3.8, 4) is 11.5 Å². The Kier molecular flexibility index (Phi) is 4.48. The van der Waals surface area contributed by atoms with Gasteiger partial charge in [0.15, 0.2) is 0 Å². The quantitative estimate of drug-likeness (QED) is 0.839. The van der Waals surface area contributed by atoms with Gasteiger partial charge in [-0.05, 0) is 37.6 Å². The number of ether oxygens (including phenoxy) is 2. The molecular formula is C15H23NO2. The van der Waals surface area contributed by atoms with Crippen LogP contribution in [-0.4, -0.2) is 19.3 Å². The number of hydrogen-bond donors (Lipinski definition) is 1. The fourth-order valence-electron chi connectivity index (χ4n) is 2.40. The summed E-state index contributed by atoms with van der Waals surface area (Å²) in [6.07, 6.45) is 2.28. The molecule has 3 heteroatoms. The predicted octanol–water partition coefficient (Wildman–Crippen LogP) is 3.30. The lowest BCUT2D eigenvalue weighted by molar-refractivity contribution is 0.186. The van der Waals surface area contributed by atoms with Gasteiger partial charge in [-0.2, -0.15) is 0 Å². The Morgan fingerprint density at radius 2 is 2.11 bits per heavy atom. The number of nitrogens with one attached hydrogen (secondary N) is 1. The first kappa shape index (κ1) is 13.2. The minimum atomic E-state index is 0.237. The molecule has 0 radical (unpaired) electrons. The first-order valence-electron chi connectivity index (χ1n) is 6.96. The van der Waals surface area contributed by atoms with Crippen molar-refractivity contribution < 1.29 is 9.47 Å². The molecule has 1 aliphatic rings. The van der Waals surface area contributed by atoms with Gasteiger partial charge in [0.05, 0.1) is 12.6 Å². The largest absolute Gasteiger partial charge is 0.494 e. The molecule has 0 amide bonds. The van der Waals surface area contributed by atoms with Crippen LogP contribution in [0.1, 0.15) is 45.2 Å². The molecule has 0 aliphatic carbocycles.